The molecular weight excluding hydrogens is 130 g/mol. The lowest BCUT2D eigenvalue weighted by atomic mass is 10.1. The molecule has 1 unspecified atom stereocenters. The minimum atomic E-state index is -0.0614. The van der Waals surface area contributed by atoms with Crippen molar-refractivity contribution in [2.45, 2.75) is 12.8 Å². The highest BCUT2D eigenvalue weighted by Crippen LogP contribution is 2.10. The molecule has 0 radical (unpaired) electrons. The zero-order valence-electron chi connectivity index (χ0n) is 5.89. The van der Waals surface area contributed by atoms with Crippen LogP contribution in [0.25, 0.3) is 0 Å². The summed E-state index contributed by atoms with van der Waals surface area (Å²) in [5.74, 6) is 5.36. The van der Waals surface area contributed by atoms with Gasteiger partial charge in [-0.3, -0.25) is 10.2 Å². The number of hydrogen-bond acceptors (Lipinski definition) is 3. The van der Waals surface area contributed by atoms with Crippen molar-refractivity contribution in [3.63, 3.8) is 0 Å². The maximum Gasteiger partial charge on any atom is 0.234 e. The van der Waals surface area contributed by atoms with Crippen LogP contribution in [0.4, 0.5) is 0 Å². The highest BCUT2D eigenvalue weighted by Gasteiger charge is 2.16. The molecule has 1 saturated heterocycles. The van der Waals surface area contributed by atoms with Crippen LogP contribution in [-0.4, -0.2) is 19.0 Å². The zero-order valence-corrected chi connectivity index (χ0v) is 5.89. The van der Waals surface area contributed by atoms with E-state index in [-0.39, 0.29) is 5.91 Å². The van der Waals surface area contributed by atoms with Gasteiger partial charge in [0.15, 0.2) is 0 Å². The molecule has 0 aromatic carbocycles. The molecule has 1 aliphatic heterocycles. The fraction of sp³-hybridized carbons (Fsp3) is 0.833. The van der Waals surface area contributed by atoms with Gasteiger partial charge in [0.2, 0.25) is 5.91 Å². The van der Waals surface area contributed by atoms with Gasteiger partial charge < -0.3 is 5.32 Å². The molecule has 0 spiro atoms. The first-order chi connectivity index (χ1) is 4.83. The Hall–Kier alpha value is -0.610. The van der Waals surface area contributed by atoms with E-state index in [1.54, 1.807) is 0 Å². The summed E-state index contributed by atoms with van der Waals surface area (Å²) in [4.78, 5) is 10.7. The standard InChI is InChI=1S/C6H13N3O/c7-9-6(10)3-5-1-2-8-4-5/h5,8H,1-4,7H2,(H,9,10). The van der Waals surface area contributed by atoms with Gasteiger partial charge in [0, 0.05) is 6.42 Å². The van der Waals surface area contributed by atoms with Crippen LogP contribution in [0.15, 0.2) is 0 Å². The van der Waals surface area contributed by atoms with Crippen molar-refractivity contribution in [2.24, 2.45) is 11.8 Å². The molecule has 0 bridgehead atoms. The Morgan fingerprint density at radius 1 is 1.80 bits per heavy atom. The summed E-state index contributed by atoms with van der Waals surface area (Å²) in [7, 11) is 0. The Morgan fingerprint density at radius 2 is 2.60 bits per heavy atom. The molecule has 0 aromatic rings. The lowest BCUT2D eigenvalue weighted by Crippen LogP contribution is -2.31. The van der Waals surface area contributed by atoms with E-state index in [4.69, 9.17) is 5.84 Å². The van der Waals surface area contributed by atoms with E-state index < -0.39 is 0 Å². The maximum absolute atomic E-state index is 10.7. The predicted octanol–water partition coefficient (Wildman–Crippen LogP) is -1.02. The van der Waals surface area contributed by atoms with Crippen LogP contribution in [0.1, 0.15) is 12.8 Å². The van der Waals surface area contributed by atoms with Crippen LogP contribution >= 0.6 is 0 Å². The summed E-state index contributed by atoms with van der Waals surface area (Å²) >= 11 is 0. The van der Waals surface area contributed by atoms with Crippen molar-refractivity contribution in [3.8, 4) is 0 Å². The average molecular weight is 143 g/mol. The first kappa shape index (κ1) is 7.50. The van der Waals surface area contributed by atoms with Gasteiger partial charge in [-0.05, 0) is 25.4 Å². The summed E-state index contributed by atoms with van der Waals surface area (Å²) in [6.45, 7) is 1.98. The van der Waals surface area contributed by atoms with Crippen molar-refractivity contribution in [3.05, 3.63) is 0 Å². The van der Waals surface area contributed by atoms with Crippen LogP contribution in [0, 0.1) is 5.92 Å². The number of carbonyl (C=O) groups is 1. The molecule has 1 atom stereocenters. The van der Waals surface area contributed by atoms with Crippen molar-refractivity contribution >= 4 is 5.91 Å². The van der Waals surface area contributed by atoms with Crippen LogP contribution < -0.4 is 16.6 Å². The molecule has 58 valence electrons. The lowest BCUT2D eigenvalue weighted by molar-refractivity contribution is -0.121. The van der Waals surface area contributed by atoms with Crippen LogP contribution in [-0.2, 0) is 4.79 Å². The molecule has 0 aromatic heterocycles. The molecule has 1 aliphatic rings. The highest BCUT2D eigenvalue weighted by atomic mass is 16.2. The van der Waals surface area contributed by atoms with E-state index in [9.17, 15) is 4.79 Å². The number of hydrogen-bond donors (Lipinski definition) is 3. The molecule has 4 nitrogen and oxygen atoms in total. The van der Waals surface area contributed by atoms with E-state index in [0.717, 1.165) is 19.5 Å². The number of rotatable bonds is 2. The molecule has 0 saturated carbocycles. The second-order valence-corrected chi connectivity index (χ2v) is 2.63. The molecule has 10 heavy (non-hydrogen) atoms. The van der Waals surface area contributed by atoms with Gasteiger partial charge >= 0.3 is 0 Å². The second kappa shape index (κ2) is 3.53. The smallest absolute Gasteiger partial charge is 0.234 e. The molecule has 4 heteroatoms. The van der Waals surface area contributed by atoms with Crippen LogP contribution in [0.3, 0.4) is 0 Å². The minimum absolute atomic E-state index is 0.0614. The summed E-state index contributed by atoms with van der Waals surface area (Å²) in [5.41, 5.74) is 2.13. The summed E-state index contributed by atoms with van der Waals surface area (Å²) in [6.07, 6.45) is 1.65. The van der Waals surface area contributed by atoms with E-state index in [0.29, 0.717) is 12.3 Å². The predicted molar refractivity (Wildman–Crippen MR) is 37.9 cm³/mol. The largest absolute Gasteiger partial charge is 0.316 e. The fourth-order valence-corrected chi connectivity index (χ4v) is 1.21. The van der Waals surface area contributed by atoms with Gasteiger partial charge in [-0.15, -0.1) is 0 Å². The molecule has 1 heterocycles. The van der Waals surface area contributed by atoms with Gasteiger partial charge in [-0.2, -0.15) is 0 Å². The van der Waals surface area contributed by atoms with Gasteiger partial charge in [0.1, 0.15) is 0 Å². The van der Waals surface area contributed by atoms with Crippen molar-refractivity contribution in [1.29, 1.82) is 0 Å². The Morgan fingerprint density at radius 3 is 3.10 bits per heavy atom. The summed E-state index contributed by atoms with van der Waals surface area (Å²) in [6, 6.07) is 0. The third-order valence-corrected chi connectivity index (χ3v) is 1.80. The van der Waals surface area contributed by atoms with Gasteiger partial charge in [-0.25, -0.2) is 5.84 Å². The monoisotopic (exact) mass is 143 g/mol. The van der Waals surface area contributed by atoms with E-state index in [2.05, 4.69) is 10.7 Å². The van der Waals surface area contributed by atoms with E-state index >= 15 is 0 Å². The third kappa shape index (κ3) is 1.97. The molecule has 0 aliphatic carbocycles. The molecule has 1 rings (SSSR count). The van der Waals surface area contributed by atoms with Gasteiger partial charge in [0.05, 0.1) is 0 Å². The topological polar surface area (TPSA) is 67.1 Å². The highest BCUT2D eigenvalue weighted by molar-refractivity contribution is 5.75. The molecule has 1 fully saturated rings. The third-order valence-electron chi connectivity index (χ3n) is 1.80. The number of amides is 1. The van der Waals surface area contributed by atoms with Gasteiger partial charge in [0.25, 0.3) is 0 Å². The minimum Gasteiger partial charge on any atom is -0.316 e. The lowest BCUT2D eigenvalue weighted by Gasteiger charge is -2.04. The zero-order chi connectivity index (χ0) is 7.40. The van der Waals surface area contributed by atoms with Gasteiger partial charge in [-0.1, -0.05) is 0 Å². The van der Waals surface area contributed by atoms with Crippen molar-refractivity contribution < 1.29 is 4.79 Å². The maximum atomic E-state index is 10.7. The first-order valence-corrected chi connectivity index (χ1v) is 3.53. The fourth-order valence-electron chi connectivity index (χ4n) is 1.21. The van der Waals surface area contributed by atoms with E-state index in [1.807, 2.05) is 0 Å². The molecule has 1 amide bonds. The SMILES string of the molecule is NNC(=O)CC1CCNC1. The van der Waals surface area contributed by atoms with Crippen LogP contribution in [0.5, 0.6) is 0 Å². The average Bonchev–Trinajstić information content (AvgIpc) is 2.40. The number of nitrogens with one attached hydrogen (secondary N) is 2. The summed E-state index contributed by atoms with van der Waals surface area (Å²) < 4.78 is 0. The number of carbonyl (C=O) groups excluding carboxylic acids is 1. The Labute approximate surface area is 60.1 Å². The second-order valence-electron chi connectivity index (χ2n) is 2.63. The van der Waals surface area contributed by atoms with E-state index in [1.165, 1.54) is 0 Å². The quantitative estimate of drug-likeness (QED) is 0.263. The number of hydrazine groups is 1. The summed E-state index contributed by atoms with van der Waals surface area (Å²) in [5, 5.41) is 3.18. The molecular formula is C6H13N3O. The van der Waals surface area contributed by atoms with Crippen LogP contribution in [0.2, 0.25) is 0 Å². The first-order valence-electron chi connectivity index (χ1n) is 3.53. The van der Waals surface area contributed by atoms with Crippen molar-refractivity contribution in [1.82, 2.24) is 10.7 Å². The van der Waals surface area contributed by atoms with Crippen molar-refractivity contribution in [2.75, 3.05) is 13.1 Å². The molecule has 4 N–H and O–H groups in total. The Balaban J connectivity index is 2.17. The Bertz CT molecular complexity index is 120. The Kier molecular flexibility index (Phi) is 2.65. The normalized spacial score (nSPS) is 24.7. The number of nitrogens with two attached hydrogens (primary N) is 1.